The third kappa shape index (κ3) is 4.55. The maximum atomic E-state index is 12.9. The summed E-state index contributed by atoms with van der Waals surface area (Å²) >= 11 is 0. The summed E-state index contributed by atoms with van der Waals surface area (Å²) in [5.41, 5.74) is 5.40. The number of ether oxygens (including phenoxy) is 2. The van der Waals surface area contributed by atoms with E-state index in [2.05, 4.69) is 60.1 Å². The Kier molecular flexibility index (Phi) is 6.09. The van der Waals surface area contributed by atoms with Gasteiger partial charge >= 0.3 is 0 Å². The number of fused-ring (bicyclic) bond motifs is 2. The van der Waals surface area contributed by atoms with Crippen molar-refractivity contribution in [1.82, 2.24) is 9.97 Å². The Hall–Kier alpha value is -3.45. The first-order valence-electron chi connectivity index (χ1n) is 13.0. The summed E-state index contributed by atoms with van der Waals surface area (Å²) in [4.78, 5) is 26.2. The van der Waals surface area contributed by atoms with Gasteiger partial charge in [-0.2, -0.15) is 0 Å². The lowest BCUT2D eigenvalue weighted by Gasteiger charge is -2.33. The Morgan fingerprint density at radius 2 is 1.81 bits per heavy atom. The van der Waals surface area contributed by atoms with Crippen LogP contribution in [0.4, 0.5) is 5.95 Å². The summed E-state index contributed by atoms with van der Waals surface area (Å²) < 4.78 is 11.0. The van der Waals surface area contributed by atoms with Gasteiger partial charge in [0.05, 0.1) is 37.4 Å². The van der Waals surface area contributed by atoms with Crippen LogP contribution in [-0.2, 0) is 13.0 Å². The number of ketones is 1. The van der Waals surface area contributed by atoms with Crippen molar-refractivity contribution in [2.45, 2.75) is 45.1 Å². The van der Waals surface area contributed by atoms with Gasteiger partial charge in [0.15, 0.2) is 17.3 Å². The highest BCUT2D eigenvalue weighted by molar-refractivity contribution is 5.98. The van der Waals surface area contributed by atoms with Crippen LogP contribution in [0, 0.1) is 0 Å². The molecule has 3 aromatic rings. The maximum Gasteiger partial charge on any atom is 0.231 e. The Bertz CT molecular complexity index is 1270. The van der Waals surface area contributed by atoms with Crippen LogP contribution < -0.4 is 19.3 Å². The summed E-state index contributed by atoms with van der Waals surface area (Å²) in [5.74, 6) is 3.26. The summed E-state index contributed by atoms with van der Waals surface area (Å²) in [6, 6.07) is 15.0. The van der Waals surface area contributed by atoms with Gasteiger partial charge in [0.25, 0.3) is 0 Å². The van der Waals surface area contributed by atoms with Gasteiger partial charge in [0.2, 0.25) is 12.7 Å². The average molecular weight is 486 g/mol. The van der Waals surface area contributed by atoms with Crippen LogP contribution in [0.5, 0.6) is 11.5 Å². The van der Waals surface area contributed by atoms with E-state index >= 15 is 0 Å². The number of aromatic nitrogens is 2. The van der Waals surface area contributed by atoms with E-state index in [0.717, 1.165) is 62.3 Å². The minimum Gasteiger partial charge on any atom is -0.454 e. The highest BCUT2D eigenvalue weighted by Crippen LogP contribution is 2.34. The molecule has 2 aromatic carbocycles. The first kappa shape index (κ1) is 23.0. The number of carbonyl (C=O) groups excluding carboxylic acids is 1. The molecule has 0 unspecified atom stereocenters. The molecule has 1 fully saturated rings. The number of Topliss-reactive ketones (excluding diaryl/α,β-unsaturated/α-hetero) is 1. The van der Waals surface area contributed by atoms with Crippen LogP contribution in [0.15, 0.2) is 48.7 Å². The van der Waals surface area contributed by atoms with E-state index in [4.69, 9.17) is 14.5 Å². The van der Waals surface area contributed by atoms with Gasteiger partial charge in [-0.3, -0.25) is 4.79 Å². The molecule has 1 aliphatic carbocycles. The first-order chi connectivity index (χ1) is 17.5. The van der Waals surface area contributed by atoms with Crippen molar-refractivity contribution in [3.8, 4) is 11.5 Å². The summed E-state index contributed by atoms with van der Waals surface area (Å²) in [6.07, 6.45) is 3.06. The van der Waals surface area contributed by atoms with Crippen molar-refractivity contribution in [2.24, 2.45) is 0 Å². The molecule has 1 aromatic heterocycles. The molecule has 0 bridgehead atoms. The van der Waals surface area contributed by atoms with Crippen LogP contribution in [-0.4, -0.2) is 48.7 Å². The molecule has 3 heterocycles. The van der Waals surface area contributed by atoms with Gasteiger partial charge in [0, 0.05) is 18.2 Å². The number of carbonyl (C=O) groups is 1. The lowest BCUT2D eigenvalue weighted by Crippen LogP contribution is -3.13. The molecule has 2 aliphatic heterocycles. The molecule has 1 N–H and O–H groups in total. The fraction of sp³-hybridized carbons (Fsp3) is 0.414. The third-order valence-electron chi connectivity index (χ3n) is 7.75. The maximum absolute atomic E-state index is 12.9. The van der Waals surface area contributed by atoms with Crippen molar-refractivity contribution >= 4 is 11.7 Å². The van der Waals surface area contributed by atoms with Crippen molar-refractivity contribution in [3.05, 3.63) is 76.6 Å². The fourth-order valence-electron chi connectivity index (χ4n) is 5.51. The molecule has 0 radical (unpaired) electrons. The van der Waals surface area contributed by atoms with Crippen molar-refractivity contribution in [2.75, 3.05) is 37.9 Å². The molecule has 3 aliphatic rings. The average Bonchev–Trinajstić information content (AvgIpc) is 3.37. The normalized spacial score (nSPS) is 19.6. The van der Waals surface area contributed by atoms with E-state index in [0.29, 0.717) is 24.7 Å². The molecule has 7 nitrogen and oxygen atoms in total. The standard InChI is InChI=1S/C29H32N4O3/c1-19(2)21-4-6-22(7-5-21)23-14-25-24(26(34)15-23)16-30-29(31-25)33-11-9-32(10-12-33)17-20-3-8-27-28(13-20)36-18-35-27/h3-8,13,16,19,23H,9-12,14-15,17-18H2,1-2H3/p+1/t23-/m0/s1. The molecule has 1 saturated heterocycles. The molecule has 36 heavy (non-hydrogen) atoms. The fourth-order valence-corrected chi connectivity index (χ4v) is 5.51. The Labute approximate surface area is 212 Å². The predicted molar refractivity (Wildman–Crippen MR) is 137 cm³/mol. The molecule has 1 atom stereocenters. The first-order valence-corrected chi connectivity index (χ1v) is 13.0. The minimum absolute atomic E-state index is 0.152. The molecule has 6 rings (SSSR count). The highest BCUT2D eigenvalue weighted by Gasteiger charge is 2.30. The largest absolute Gasteiger partial charge is 0.454 e. The number of hydrogen-bond donors (Lipinski definition) is 1. The van der Waals surface area contributed by atoms with Crippen LogP contribution in [0.2, 0.25) is 0 Å². The van der Waals surface area contributed by atoms with Crippen LogP contribution in [0.25, 0.3) is 0 Å². The third-order valence-corrected chi connectivity index (χ3v) is 7.75. The monoisotopic (exact) mass is 485 g/mol. The number of rotatable bonds is 5. The smallest absolute Gasteiger partial charge is 0.231 e. The number of nitrogens with one attached hydrogen (secondary N) is 1. The van der Waals surface area contributed by atoms with Crippen LogP contribution >= 0.6 is 0 Å². The lowest BCUT2D eigenvalue weighted by atomic mass is 9.81. The Morgan fingerprint density at radius 3 is 2.58 bits per heavy atom. The zero-order valence-corrected chi connectivity index (χ0v) is 21.0. The van der Waals surface area contributed by atoms with Gasteiger partial charge in [0.1, 0.15) is 6.54 Å². The highest BCUT2D eigenvalue weighted by atomic mass is 16.7. The van der Waals surface area contributed by atoms with E-state index < -0.39 is 0 Å². The van der Waals surface area contributed by atoms with E-state index in [-0.39, 0.29) is 11.7 Å². The van der Waals surface area contributed by atoms with Gasteiger partial charge in [-0.15, -0.1) is 0 Å². The van der Waals surface area contributed by atoms with Gasteiger partial charge in [-0.05, 0) is 47.6 Å². The Balaban J connectivity index is 1.11. The van der Waals surface area contributed by atoms with Gasteiger partial charge in [-0.1, -0.05) is 38.1 Å². The zero-order chi connectivity index (χ0) is 24.6. The molecule has 186 valence electrons. The number of nitrogens with zero attached hydrogens (tertiary/aromatic N) is 3. The van der Waals surface area contributed by atoms with Crippen molar-refractivity contribution in [3.63, 3.8) is 0 Å². The van der Waals surface area contributed by atoms with Crippen molar-refractivity contribution < 1.29 is 19.2 Å². The summed E-state index contributed by atoms with van der Waals surface area (Å²) in [7, 11) is 0. The van der Waals surface area contributed by atoms with Crippen LogP contribution in [0.1, 0.15) is 64.8 Å². The van der Waals surface area contributed by atoms with E-state index in [1.54, 1.807) is 6.20 Å². The zero-order valence-electron chi connectivity index (χ0n) is 21.0. The summed E-state index contributed by atoms with van der Waals surface area (Å²) in [6.45, 7) is 9.49. The molecular formula is C29H33N4O3+. The van der Waals surface area contributed by atoms with E-state index in [1.165, 1.54) is 21.6 Å². The number of quaternary nitrogens is 1. The molecule has 0 spiro atoms. The summed E-state index contributed by atoms with van der Waals surface area (Å²) in [5, 5.41) is 0. The lowest BCUT2D eigenvalue weighted by molar-refractivity contribution is -0.914. The second-order valence-electron chi connectivity index (χ2n) is 10.5. The van der Waals surface area contributed by atoms with E-state index in [1.807, 2.05) is 6.07 Å². The SMILES string of the molecule is CC(C)c1ccc([C@@H]2CC(=O)c3cnc(N4CC[NH+](Cc5ccc6c(c5)OCO6)CC4)nc3C2)cc1. The molecule has 7 heteroatoms. The van der Waals surface area contributed by atoms with E-state index in [9.17, 15) is 4.79 Å². The number of piperazine rings is 1. The predicted octanol–water partition coefficient (Wildman–Crippen LogP) is 3.15. The molecule has 0 saturated carbocycles. The number of anilines is 1. The topological polar surface area (TPSA) is 69.0 Å². The second kappa shape index (κ2) is 9.54. The number of hydrogen-bond acceptors (Lipinski definition) is 6. The molecular weight excluding hydrogens is 452 g/mol. The van der Waals surface area contributed by atoms with Crippen LogP contribution in [0.3, 0.4) is 0 Å². The minimum atomic E-state index is 0.152. The number of benzene rings is 2. The van der Waals surface area contributed by atoms with Crippen molar-refractivity contribution in [1.29, 1.82) is 0 Å². The second-order valence-corrected chi connectivity index (χ2v) is 10.5. The van der Waals surface area contributed by atoms with Gasteiger partial charge < -0.3 is 19.3 Å². The Morgan fingerprint density at radius 1 is 1.03 bits per heavy atom. The van der Waals surface area contributed by atoms with Gasteiger partial charge in [-0.25, -0.2) is 9.97 Å². The molecule has 0 amide bonds. The quantitative estimate of drug-likeness (QED) is 0.599.